The van der Waals surface area contributed by atoms with Gasteiger partial charge in [0, 0.05) is 19.6 Å². The second-order valence-corrected chi connectivity index (χ2v) is 6.71. The second kappa shape index (κ2) is 8.92. The van der Waals surface area contributed by atoms with Gasteiger partial charge in [0.25, 0.3) is 0 Å². The molecule has 4 nitrogen and oxygen atoms in total. The molecule has 1 aromatic carbocycles. The molecule has 0 aliphatic carbocycles. The van der Waals surface area contributed by atoms with Crippen LogP contribution in [0.5, 0.6) is 0 Å². The number of nitrogens with one attached hydrogen (secondary N) is 2. The molecule has 0 saturated carbocycles. The van der Waals surface area contributed by atoms with Gasteiger partial charge in [0.2, 0.25) is 0 Å². The minimum atomic E-state index is 0.253. The number of hydrogen-bond donors (Lipinski definition) is 2. The largest absolute Gasteiger partial charge is 0.357 e. The number of piperidine rings is 1. The number of benzene rings is 1. The van der Waals surface area contributed by atoms with Gasteiger partial charge in [-0.15, -0.1) is 0 Å². The van der Waals surface area contributed by atoms with Gasteiger partial charge in [-0.05, 0) is 64.3 Å². The fraction of sp³-hybridized carbons (Fsp3) is 0.632. The van der Waals surface area contributed by atoms with Crippen LogP contribution in [-0.4, -0.2) is 44.1 Å². The Kier molecular flexibility index (Phi) is 6.90. The number of guanidine groups is 1. The van der Waals surface area contributed by atoms with Crippen molar-refractivity contribution in [1.82, 2.24) is 15.5 Å². The van der Waals surface area contributed by atoms with Gasteiger partial charge in [-0.1, -0.05) is 24.3 Å². The highest BCUT2D eigenvalue weighted by atomic mass is 15.2. The van der Waals surface area contributed by atoms with Gasteiger partial charge in [-0.3, -0.25) is 4.99 Å². The van der Waals surface area contributed by atoms with Crippen LogP contribution in [0.1, 0.15) is 43.9 Å². The van der Waals surface area contributed by atoms with Gasteiger partial charge in [0.15, 0.2) is 5.96 Å². The summed E-state index contributed by atoms with van der Waals surface area (Å²) in [6.07, 6.45) is 2.58. The van der Waals surface area contributed by atoms with E-state index in [1.54, 1.807) is 0 Å². The number of nitrogens with zero attached hydrogens (tertiary/aromatic N) is 2. The molecule has 1 aliphatic heterocycles. The zero-order valence-electron chi connectivity index (χ0n) is 15.1. The highest BCUT2D eigenvalue weighted by molar-refractivity contribution is 5.80. The summed E-state index contributed by atoms with van der Waals surface area (Å²) in [7, 11) is 2.21. The molecule has 2 unspecified atom stereocenters. The maximum absolute atomic E-state index is 4.83. The van der Waals surface area contributed by atoms with E-state index in [0.717, 1.165) is 25.6 Å². The first kappa shape index (κ1) is 17.8. The van der Waals surface area contributed by atoms with Crippen LogP contribution >= 0.6 is 0 Å². The molecule has 23 heavy (non-hydrogen) atoms. The van der Waals surface area contributed by atoms with Crippen molar-refractivity contribution < 1.29 is 0 Å². The molecule has 4 heteroatoms. The van der Waals surface area contributed by atoms with Crippen LogP contribution in [-0.2, 0) is 0 Å². The Morgan fingerprint density at radius 1 is 1.39 bits per heavy atom. The zero-order valence-corrected chi connectivity index (χ0v) is 15.1. The molecule has 1 saturated heterocycles. The third-order valence-electron chi connectivity index (χ3n) is 4.58. The normalized spacial score (nSPS) is 21.0. The fourth-order valence-corrected chi connectivity index (χ4v) is 3.32. The highest BCUT2D eigenvalue weighted by Crippen LogP contribution is 2.17. The lowest BCUT2D eigenvalue weighted by atomic mass is 9.99. The van der Waals surface area contributed by atoms with Crippen molar-refractivity contribution in [3.8, 4) is 0 Å². The van der Waals surface area contributed by atoms with E-state index in [9.17, 15) is 0 Å². The Bertz CT molecular complexity index is 512. The highest BCUT2D eigenvalue weighted by Gasteiger charge is 2.17. The van der Waals surface area contributed by atoms with E-state index in [-0.39, 0.29) is 6.04 Å². The molecular formula is C19H32N4. The van der Waals surface area contributed by atoms with E-state index in [4.69, 9.17) is 4.99 Å². The summed E-state index contributed by atoms with van der Waals surface area (Å²) in [6.45, 7) is 10.7. The number of likely N-dealkylation sites (tertiary alicyclic amines) is 1. The maximum Gasteiger partial charge on any atom is 0.191 e. The predicted molar refractivity (Wildman–Crippen MR) is 98.9 cm³/mol. The predicted octanol–water partition coefficient (Wildman–Crippen LogP) is 2.95. The summed E-state index contributed by atoms with van der Waals surface area (Å²) in [5.41, 5.74) is 2.65. The van der Waals surface area contributed by atoms with Gasteiger partial charge >= 0.3 is 0 Å². The van der Waals surface area contributed by atoms with Gasteiger partial charge in [0.05, 0.1) is 6.04 Å². The smallest absolute Gasteiger partial charge is 0.191 e. The molecule has 0 aromatic heterocycles. The van der Waals surface area contributed by atoms with Crippen molar-refractivity contribution in [3.05, 3.63) is 35.4 Å². The Morgan fingerprint density at radius 3 is 2.87 bits per heavy atom. The summed E-state index contributed by atoms with van der Waals surface area (Å²) in [5.74, 6) is 1.61. The number of hydrogen-bond acceptors (Lipinski definition) is 2. The third kappa shape index (κ3) is 5.54. The van der Waals surface area contributed by atoms with Gasteiger partial charge in [0.1, 0.15) is 0 Å². The summed E-state index contributed by atoms with van der Waals surface area (Å²) in [4.78, 5) is 7.25. The van der Waals surface area contributed by atoms with E-state index < -0.39 is 0 Å². The monoisotopic (exact) mass is 316 g/mol. The van der Waals surface area contributed by atoms with E-state index >= 15 is 0 Å². The van der Waals surface area contributed by atoms with E-state index in [0.29, 0.717) is 5.92 Å². The first-order chi connectivity index (χ1) is 11.1. The second-order valence-electron chi connectivity index (χ2n) is 6.71. The van der Waals surface area contributed by atoms with Gasteiger partial charge in [-0.2, -0.15) is 0 Å². The molecule has 0 spiro atoms. The van der Waals surface area contributed by atoms with Gasteiger partial charge < -0.3 is 15.5 Å². The molecule has 2 N–H and O–H groups in total. The molecule has 2 rings (SSSR count). The lowest BCUT2D eigenvalue weighted by Crippen LogP contribution is -2.40. The summed E-state index contributed by atoms with van der Waals surface area (Å²) < 4.78 is 0. The molecule has 1 aliphatic rings. The Morgan fingerprint density at radius 2 is 2.17 bits per heavy atom. The first-order valence-electron chi connectivity index (χ1n) is 8.89. The third-order valence-corrected chi connectivity index (χ3v) is 4.58. The molecule has 0 amide bonds. The summed E-state index contributed by atoms with van der Waals surface area (Å²) in [6, 6.07) is 8.79. The summed E-state index contributed by atoms with van der Waals surface area (Å²) >= 11 is 0. The molecule has 128 valence electrons. The average Bonchev–Trinajstić information content (AvgIpc) is 2.53. The molecule has 1 heterocycles. The van der Waals surface area contributed by atoms with E-state index in [2.05, 4.69) is 67.6 Å². The van der Waals surface area contributed by atoms with Crippen molar-refractivity contribution in [1.29, 1.82) is 0 Å². The Labute approximate surface area is 141 Å². The average molecular weight is 316 g/mol. The van der Waals surface area contributed by atoms with Crippen molar-refractivity contribution in [3.63, 3.8) is 0 Å². The lowest BCUT2D eigenvalue weighted by molar-refractivity contribution is 0.214. The van der Waals surface area contributed by atoms with Crippen LogP contribution in [0.3, 0.4) is 0 Å². The van der Waals surface area contributed by atoms with Crippen LogP contribution in [0.2, 0.25) is 0 Å². The lowest BCUT2D eigenvalue weighted by Gasteiger charge is -2.29. The van der Waals surface area contributed by atoms with Crippen molar-refractivity contribution in [2.45, 2.75) is 39.7 Å². The maximum atomic E-state index is 4.83. The number of aryl methyl sites for hydroxylation is 1. The Hall–Kier alpha value is -1.55. The molecule has 0 radical (unpaired) electrons. The van der Waals surface area contributed by atoms with Crippen LogP contribution in [0, 0.1) is 12.8 Å². The minimum absolute atomic E-state index is 0.253. The number of rotatable bonds is 5. The molecule has 2 atom stereocenters. The molecule has 1 fully saturated rings. The topological polar surface area (TPSA) is 39.7 Å². The van der Waals surface area contributed by atoms with Crippen LogP contribution in [0.4, 0.5) is 0 Å². The van der Waals surface area contributed by atoms with Crippen molar-refractivity contribution in [2.75, 3.05) is 33.2 Å². The molecular weight excluding hydrogens is 284 g/mol. The first-order valence-corrected chi connectivity index (χ1v) is 8.89. The summed E-state index contributed by atoms with van der Waals surface area (Å²) in [5, 5.41) is 6.93. The van der Waals surface area contributed by atoms with E-state index in [1.165, 1.54) is 30.5 Å². The van der Waals surface area contributed by atoms with Crippen LogP contribution in [0.15, 0.2) is 29.3 Å². The quantitative estimate of drug-likeness (QED) is 0.648. The molecule has 0 bridgehead atoms. The van der Waals surface area contributed by atoms with Crippen molar-refractivity contribution in [2.24, 2.45) is 10.9 Å². The van der Waals surface area contributed by atoms with Crippen molar-refractivity contribution >= 4 is 5.96 Å². The standard InChI is InChI=1S/C19H32N4/c1-5-20-19(21-13-17-10-8-12-23(4)14-17)22-16(3)18-11-7-6-9-15(18)2/h6-7,9,11,16-17H,5,8,10,12-14H2,1-4H3,(H2,20,21,22). The molecule has 1 aromatic rings. The van der Waals surface area contributed by atoms with E-state index in [1.807, 2.05) is 0 Å². The Balaban J connectivity index is 1.97. The fourth-order valence-electron chi connectivity index (χ4n) is 3.32. The van der Waals surface area contributed by atoms with Crippen LogP contribution in [0.25, 0.3) is 0 Å². The SMILES string of the molecule is CCNC(=NCC1CCCN(C)C1)NC(C)c1ccccc1C. The zero-order chi connectivity index (χ0) is 16.7. The van der Waals surface area contributed by atoms with Crippen LogP contribution < -0.4 is 10.6 Å². The number of aliphatic imine (C=N–C) groups is 1. The minimum Gasteiger partial charge on any atom is -0.357 e. The van der Waals surface area contributed by atoms with Gasteiger partial charge in [-0.25, -0.2) is 0 Å².